The van der Waals surface area contributed by atoms with Crippen molar-refractivity contribution in [2.24, 2.45) is 5.92 Å². The van der Waals surface area contributed by atoms with Crippen LogP contribution in [0.3, 0.4) is 0 Å². The van der Waals surface area contributed by atoms with Crippen molar-refractivity contribution in [1.82, 2.24) is 4.90 Å². The van der Waals surface area contributed by atoms with Gasteiger partial charge in [-0.3, -0.25) is 0 Å². The van der Waals surface area contributed by atoms with Crippen molar-refractivity contribution in [2.75, 3.05) is 26.8 Å². The summed E-state index contributed by atoms with van der Waals surface area (Å²) in [6.45, 7) is 1.23. The van der Waals surface area contributed by atoms with Crippen molar-refractivity contribution in [1.29, 1.82) is 0 Å². The molecule has 1 aliphatic rings. The molecule has 10 heavy (non-hydrogen) atoms. The third-order valence-electron chi connectivity index (χ3n) is 2.14. The van der Waals surface area contributed by atoms with E-state index in [4.69, 9.17) is 10.2 Å². The van der Waals surface area contributed by atoms with E-state index in [1.807, 2.05) is 7.05 Å². The molecule has 0 bridgehead atoms. The van der Waals surface area contributed by atoms with Crippen LogP contribution in [0.2, 0.25) is 0 Å². The summed E-state index contributed by atoms with van der Waals surface area (Å²) < 4.78 is 0. The molecular formula is C7H15NO2. The molecule has 1 fully saturated rings. The number of likely N-dealkylation sites (N-methyl/N-ethyl adjacent to an activating group) is 1. The Morgan fingerprint density at radius 1 is 1.50 bits per heavy atom. The molecule has 0 radical (unpaired) electrons. The minimum absolute atomic E-state index is 0.213. The predicted molar refractivity (Wildman–Crippen MR) is 38.7 cm³/mol. The van der Waals surface area contributed by atoms with Crippen molar-refractivity contribution < 1.29 is 10.2 Å². The van der Waals surface area contributed by atoms with Gasteiger partial charge in [0.2, 0.25) is 0 Å². The maximum atomic E-state index is 8.70. The lowest BCUT2D eigenvalue weighted by Crippen LogP contribution is -2.26. The van der Waals surface area contributed by atoms with Crippen molar-refractivity contribution in [2.45, 2.75) is 12.5 Å². The fraction of sp³-hybridized carbons (Fsp3) is 1.00. The van der Waals surface area contributed by atoms with Crippen LogP contribution in [0.4, 0.5) is 0 Å². The Balaban J connectivity index is 2.12. The average Bonchev–Trinajstić information content (AvgIpc) is 2.66. The Hall–Kier alpha value is -0.120. The maximum absolute atomic E-state index is 8.70. The smallest absolute Gasteiger partial charge is 0.0558 e. The Morgan fingerprint density at radius 3 is 2.60 bits per heavy atom. The molecule has 0 amide bonds. The van der Waals surface area contributed by atoms with Gasteiger partial charge in [-0.1, -0.05) is 0 Å². The van der Waals surface area contributed by atoms with E-state index in [0.717, 1.165) is 13.0 Å². The van der Waals surface area contributed by atoms with Gasteiger partial charge < -0.3 is 15.1 Å². The van der Waals surface area contributed by atoms with E-state index in [9.17, 15) is 0 Å². The van der Waals surface area contributed by atoms with Crippen LogP contribution in [0.1, 0.15) is 6.42 Å². The average molecular weight is 145 g/mol. The van der Waals surface area contributed by atoms with Gasteiger partial charge in [-0.05, 0) is 19.4 Å². The molecule has 60 valence electrons. The zero-order chi connectivity index (χ0) is 7.56. The number of hydrogen-bond acceptors (Lipinski definition) is 3. The molecule has 0 aromatic heterocycles. The SMILES string of the molecule is CN(CCO)C1CC1CO. The number of hydrogen-bond donors (Lipinski definition) is 2. The van der Waals surface area contributed by atoms with E-state index in [0.29, 0.717) is 18.6 Å². The van der Waals surface area contributed by atoms with E-state index < -0.39 is 0 Å². The van der Waals surface area contributed by atoms with Gasteiger partial charge in [-0.25, -0.2) is 0 Å². The van der Waals surface area contributed by atoms with Gasteiger partial charge in [-0.15, -0.1) is 0 Å². The highest BCUT2D eigenvalue weighted by atomic mass is 16.3. The Bertz CT molecular complexity index is 108. The van der Waals surface area contributed by atoms with Crippen molar-refractivity contribution in [3.05, 3.63) is 0 Å². The monoisotopic (exact) mass is 145 g/mol. The molecule has 0 heterocycles. The number of aliphatic hydroxyl groups is 2. The summed E-state index contributed by atoms with van der Waals surface area (Å²) in [5, 5.41) is 17.3. The number of aliphatic hydroxyl groups excluding tert-OH is 2. The van der Waals surface area contributed by atoms with Crippen LogP contribution in [0.5, 0.6) is 0 Å². The Morgan fingerprint density at radius 2 is 2.20 bits per heavy atom. The summed E-state index contributed by atoms with van der Waals surface area (Å²) in [6, 6.07) is 0.525. The van der Waals surface area contributed by atoms with Crippen LogP contribution >= 0.6 is 0 Å². The van der Waals surface area contributed by atoms with Crippen LogP contribution in [0.25, 0.3) is 0 Å². The molecule has 3 nitrogen and oxygen atoms in total. The summed E-state index contributed by atoms with van der Waals surface area (Å²) in [5.74, 6) is 0.469. The molecule has 3 heteroatoms. The molecule has 0 aliphatic heterocycles. The van der Waals surface area contributed by atoms with Crippen LogP contribution in [0, 0.1) is 5.92 Å². The van der Waals surface area contributed by atoms with Gasteiger partial charge in [0.25, 0.3) is 0 Å². The van der Waals surface area contributed by atoms with Gasteiger partial charge in [0.1, 0.15) is 0 Å². The first-order chi connectivity index (χ1) is 4.79. The second-order valence-electron chi connectivity index (χ2n) is 2.95. The Labute approximate surface area is 61.3 Å². The highest BCUT2D eigenvalue weighted by molar-refractivity contribution is 4.93. The maximum Gasteiger partial charge on any atom is 0.0558 e. The predicted octanol–water partition coefficient (Wildman–Crippen LogP) is -0.709. The standard InChI is InChI=1S/C7H15NO2/c1-8(2-3-9)7-4-6(7)5-10/h6-7,9-10H,2-5H2,1H3. The molecule has 2 atom stereocenters. The van der Waals surface area contributed by atoms with E-state index >= 15 is 0 Å². The second kappa shape index (κ2) is 3.32. The minimum atomic E-state index is 0.213. The highest BCUT2D eigenvalue weighted by Gasteiger charge is 2.38. The highest BCUT2D eigenvalue weighted by Crippen LogP contribution is 2.33. The molecular weight excluding hydrogens is 130 g/mol. The molecule has 0 aromatic carbocycles. The topological polar surface area (TPSA) is 43.7 Å². The van der Waals surface area contributed by atoms with Crippen LogP contribution < -0.4 is 0 Å². The van der Waals surface area contributed by atoms with Crippen LogP contribution in [-0.2, 0) is 0 Å². The first-order valence-electron chi connectivity index (χ1n) is 3.71. The second-order valence-corrected chi connectivity index (χ2v) is 2.95. The van der Waals surface area contributed by atoms with Crippen LogP contribution in [-0.4, -0.2) is 48.0 Å². The quantitative estimate of drug-likeness (QED) is 0.549. The molecule has 2 N–H and O–H groups in total. The third-order valence-corrected chi connectivity index (χ3v) is 2.14. The van der Waals surface area contributed by atoms with Gasteiger partial charge in [0, 0.05) is 19.2 Å². The molecule has 1 aliphatic carbocycles. The number of rotatable bonds is 4. The van der Waals surface area contributed by atoms with E-state index in [1.54, 1.807) is 0 Å². The van der Waals surface area contributed by atoms with Gasteiger partial charge in [0.05, 0.1) is 6.61 Å². The van der Waals surface area contributed by atoms with E-state index in [2.05, 4.69) is 4.90 Å². The van der Waals surface area contributed by atoms with Gasteiger partial charge in [-0.2, -0.15) is 0 Å². The molecule has 0 aromatic rings. The van der Waals surface area contributed by atoms with E-state index in [-0.39, 0.29) is 6.61 Å². The third kappa shape index (κ3) is 1.68. The summed E-state index contributed by atoms with van der Waals surface area (Å²) in [4.78, 5) is 2.10. The van der Waals surface area contributed by atoms with E-state index in [1.165, 1.54) is 0 Å². The summed E-state index contributed by atoms with van der Waals surface area (Å²) in [5.41, 5.74) is 0. The molecule has 1 rings (SSSR count). The normalized spacial score (nSPS) is 31.2. The summed E-state index contributed by atoms with van der Waals surface area (Å²) in [6.07, 6.45) is 1.09. The van der Waals surface area contributed by atoms with Crippen LogP contribution in [0.15, 0.2) is 0 Å². The molecule has 2 unspecified atom stereocenters. The van der Waals surface area contributed by atoms with Crippen molar-refractivity contribution in [3.63, 3.8) is 0 Å². The lowest BCUT2D eigenvalue weighted by atomic mass is 10.4. The lowest BCUT2D eigenvalue weighted by Gasteiger charge is -2.13. The molecule has 1 saturated carbocycles. The zero-order valence-corrected chi connectivity index (χ0v) is 6.32. The molecule has 0 spiro atoms. The molecule has 0 saturated heterocycles. The van der Waals surface area contributed by atoms with Gasteiger partial charge >= 0.3 is 0 Å². The fourth-order valence-corrected chi connectivity index (χ4v) is 1.29. The fourth-order valence-electron chi connectivity index (χ4n) is 1.29. The van der Waals surface area contributed by atoms with Crippen molar-refractivity contribution >= 4 is 0 Å². The first kappa shape index (κ1) is 7.98. The lowest BCUT2D eigenvalue weighted by molar-refractivity contribution is 0.197. The Kier molecular flexibility index (Phi) is 2.65. The summed E-state index contributed by atoms with van der Waals surface area (Å²) >= 11 is 0. The number of nitrogens with zero attached hydrogens (tertiary/aromatic N) is 1. The largest absolute Gasteiger partial charge is 0.396 e. The first-order valence-corrected chi connectivity index (χ1v) is 3.71. The minimum Gasteiger partial charge on any atom is -0.396 e. The zero-order valence-electron chi connectivity index (χ0n) is 6.32. The van der Waals surface area contributed by atoms with Crippen molar-refractivity contribution in [3.8, 4) is 0 Å². The van der Waals surface area contributed by atoms with Gasteiger partial charge in [0.15, 0.2) is 0 Å². The summed E-state index contributed by atoms with van der Waals surface area (Å²) in [7, 11) is 1.98.